The maximum Gasteiger partial charge on any atom is 0.322 e. The first kappa shape index (κ1) is 17.7. The average Bonchev–Trinajstić information content (AvgIpc) is 3.30. The zero-order chi connectivity index (χ0) is 18.6. The fraction of sp³-hybridized carbons (Fsp3) is 0.167. The first-order valence-corrected chi connectivity index (χ1v) is 9.41. The van der Waals surface area contributed by atoms with Gasteiger partial charge in [-0.2, -0.15) is 0 Å². The van der Waals surface area contributed by atoms with E-state index in [-0.39, 0.29) is 24.5 Å². The summed E-state index contributed by atoms with van der Waals surface area (Å²) in [5.41, 5.74) is 0.944. The smallest absolute Gasteiger partial charge is 0.322 e. The number of halogens is 1. The van der Waals surface area contributed by atoms with Crippen LogP contribution >= 0.6 is 23.4 Å². The number of carbonyl (C=O) groups is 1. The van der Waals surface area contributed by atoms with E-state index in [1.54, 1.807) is 12.1 Å². The lowest BCUT2D eigenvalue weighted by atomic mass is 10.1. The van der Waals surface area contributed by atoms with Gasteiger partial charge in [0.25, 0.3) is 0 Å². The van der Waals surface area contributed by atoms with Crippen molar-refractivity contribution < 1.29 is 18.7 Å². The van der Waals surface area contributed by atoms with Crippen molar-refractivity contribution in [1.82, 2.24) is 10.2 Å². The van der Waals surface area contributed by atoms with E-state index >= 15 is 0 Å². The summed E-state index contributed by atoms with van der Waals surface area (Å²) in [5, 5.41) is 11.1. The summed E-state index contributed by atoms with van der Waals surface area (Å²) in [7, 11) is 0. The molecule has 0 aliphatic carbocycles. The Morgan fingerprint density at radius 3 is 2.78 bits per heavy atom. The number of amides is 1. The van der Waals surface area contributed by atoms with Crippen LogP contribution in [-0.2, 0) is 11.2 Å². The Labute approximate surface area is 164 Å². The molecule has 1 N–H and O–H groups in total. The van der Waals surface area contributed by atoms with Gasteiger partial charge < -0.3 is 13.9 Å². The molecule has 2 aromatic carbocycles. The molecule has 0 spiro atoms. The Balaban J connectivity index is 1.31. The summed E-state index contributed by atoms with van der Waals surface area (Å²) in [6.07, 6.45) is 0.430. The number of nitrogens with zero attached hydrogens (tertiary/aromatic N) is 2. The first-order valence-electron chi connectivity index (χ1n) is 8.05. The van der Waals surface area contributed by atoms with E-state index in [1.807, 2.05) is 30.3 Å². The highest BCUT2D eigenvalue weighted by Crippen LogP contribution is 2.33. The molecule has 0 unspecified atom stereocenters. The number of fused-ring (bicyclic) bond motifs is 1. The third-order valence-electron chi connectivity index (χ3n) is 3.69. The highest BCUT2D eigenvalue weighted by Gasteiger charge is 2.15. The number of thioether (sulfide) groups is 1. The quantitative estimate of drug-likeness (QED) is 0.627. The van der Waals surface area contributed by atoms with Crippen molar-refractivity contribution in [2.45, 2.75) is 11.3 Å². The maximum atomic E-state index is 12.0. The van der Waals surface area contributed by atoms with Gasteiger partial charge in [0, 0.05) is 9.92 Å². The van der Waals surface area contributed by atoms with Gasteiger partial charge in [-0.25, -0.2) is 0 Å². The van der Waals surface area contributed by atoms with Crippen molar-refractivity contribution in [2.75, 3.05) is 17.9 Å². The van der Waals surface area contributed by atoms with Gasteiger partial charge in [-0.3, -0.25) is 10.1 Å². The van der Waals surface area contributed by atoms with Crippen molar-refractivity contribution in [3.63, 3.8) is 0 Å². The number of rotatable bonds is 6. The lowest BCUT2D eigenvalue weighted by molar-refractivity contribution is -0.113. The number of carbonyl (C=O) groups excluding carboxylic acids is 1. The summed E-state index contributed by atoms with van der Waals surface area (Å²) >= 11 is 7.23. The number of anilines is 1. The standard InChI is InChI=1S/C18H14ClN3O4S/c19-12-2-4-13(5-3-12)27-9-16(23)20-18-22-21-17(26-18)8-11-1-6-14-15(7-11)25-10-24-14/h1-7H,8-10H2,(H,20,22,23). The Morgan fingerprint density at radius 1 is 1.11 bits per heavy atom. The monoisotopic (exact) mass is 403 g/mol. The third kappa shape index (κ3) is 4.53. The Kier molecular flexibility index (Phi) is 5.17. The number of hydrogen-bond donors (Lipinski definition) is 1. The van der Waals surface area contributed by atoms with E-state index in [0.29, 0.717) is 23.1 Å². The largest absolute Gasteiger partial charge is 0.454 e. The first-order chi connectivity index (χ1) is 13.2. The van der Waals surface area contributed by atoms with Gasteiger partial charge in [-0.05, 0) is 42.0 Å². The number of ether oxygens (including phenoxy) is 2. The highest BCUT2D eigenvalue weighted by atomic mass is 35.5. The van der Waals surface area contributed by atoms with Gasteiger partial charge in [-0.15, -0.1) is 16.9 Å². The molecule has 27 heavy (non-hydrogen) atoms. The summed E-state index contributed by atoms with van der Waals surface area (Å²) in [5.74, 6) is 1.81. The molecule has 9 heteroatoms. The molecule has 4 rings (SSSR count). The van der Waals surface area contributed by atoms with Crippen LogP contribution in [0.5, 0.6) is 11.5 Å². The van der Waals surface area contributed by atoms with Gasteiger partial charge in [-0.1, -0.05) is 22.8 Å². The van der Waals surface area contributed by atoms with E-state index in [9.17, 15) is 4.79 Å². The van der Waals surface area contributed by atoms with Crippen LogP contribution < -0.4 is 14.8 Å². The van der Waals surface area contributed by atoms with E-state index in [0.717, 1.165) is 16.2 Å². The fourth-order valence-corrected chi connectivity index (χ4v) is 3.26. The molecule has 0 saturated heterocycles. The van der Waals surface area contributed by atoms with Crippen molar-refractivity contribution >= 4 is 35.3 Å². The lowest BCUT2D eigenvalue weighted by Crippen LogP contribution is -2.14. The second-order valence-electron chi connectivity index (χ2n) is 5.66. The topological polar surface area (TPSA) is 86.5 Å². The van der Waals surface area contributed by atoms with E-state index < -0.39 is 0 Å². The maximum absolute atomic E-state index is 12.0. The minimum Gasteiger partial charge on any atom is -0.454 e. The zero-order valence-electron chi connectivity index (χ0n) is 14.0. The average molecular weight is 404 g/mol. The van der Waals surface area contributed by atoms with Crippen LogP contribution in [0.2, 0.25) is 5.02 Å². The van der Waals surface area contributed by atoms with Crippen molar-refractivity contribution in [1.29, 1.82) is 0 Å². The second-order valence-corrected chi connectivity index (χ2v) is 7.14. The summed E-state index contributed by atoms with van der Waals surface area (Å²) < 4.78 is 16.1. The number of hydrogen-bond acceptors (Lipinski definition) is 7. The van der Waals surface area contributed by atoms with E-state index in [2.05, 4.69) is 15.5 Å². The van der Waals surface area contributed by atoms with Crippen LogP contribution in [0.1, 0.15) is 11.5 Å². The fourth-order valence-electron chi connectivity index (χ4n) is 2.44. The van der Waals surface area contributed by atoms with Crippen molar-refractivity contribution in [2.24, 2.45) is 0 Å². The molecule has 1 aliphatic rings. The lowest BCUT2D eigenvalue weighted by Gasteiger charge is -2.02. The van der Waals surface area contributed by atoms with Crippen LogP contribution in [0.4, 0.5) is 6.01 Å². The normalized spacial score (nSPS) is 12.2. The molecule has 1 amide bonds. The van der Waals surface area contributed by atoms with Crippen LogP contribution in [-0.4, -0.2) is 28.7 Å². The Bertz CT molecular complexity index is 961. The van der Waals surface area contributed by atoms with Crippen molar-refractivity contribution in [3.05, 3.63) is 58.9 Å². The number of aromatic nitrogens is 2. The SMILES string of the molecule is O=C(CSc1ccc(Cl)cc1)Nc1nnc(Cc2ccc3c(c2)OCO3)o1. The minimum atomic E-state index is -0.228. The van der Waals surface area contributed by atoms with E-state index in [1.165, 1.54) is 11.8 Å². The minimum absolute atomic E-state index is 0.0763. The molecule has 138 valence electrons. The molecule has 0 radical (unpaired) electrons. The van der Waals surface area contributed by atoms with Crippen molar-refractivity contribution in [3.8, 4) is 11.5 Å². The van der Waals surface area contributed by atoms with Gasteiger partial charge in [0.1, 0.15) is 0 Å². The molecule has 1 aromatic heterocycles. The molecular formula is C18H14ClN3O4S. The molecule has 0 fully saturated rings. The Morgan fingerprint density at radius 2 is 1.93 bits per heavy atom. The Hall–Kier alpha value is -2.71. The summed E-state index contributed by atoms with van der Waals surface area (Å²) in [4.78, 5) is 13.0. The number of nitrogens with one attached hydrogen (secondary N) is 1. The second kappa shape index (κ2) is 7.89. The third-order valence-corrected chi connectivity index (χ3v) is 4.95. The van der Waals surface area contributed by atoms with Crippen LogP contribution in [0.3, 0.4) is 0 Å². The molecule has 0 saturated carbocycles. The van der Waals surface area contributed by atoms with Crippen LogP contribution in [0.25, 0.3) is 0 Å². The molecule has 1 aliphatic heterocycles. The number of benzene rings is 2. The van der Waals surface area contributed by atoms with Gasteiger partial charge in [0.15, 0.2) is 11.5 Å². The van der Waals surface area contributed by atoms with Crippen LogP contribution in [0.15, 0.2) is 51.8 Å². The predicted molar refractivity (Wildman–Crippen MR) is 100 cm³/mol. The molecule has 3 aromatic rings. The molecular weight excluding hydrogens is 390 g/mol. The summed E-state index contributed by atoms with van der Waals surface area (Å²) in [6, 6.07) is 13.0. The predicted octanol–water partition coefficient (Wildman–Crippen LogP) is 3.77. The van der Waals surface area contributed by atoms with Gasteiger partial charge in [0.05, 0.1) is 12.2 Å². The van der Waals surface area contributed by atoms with Crippen LogP contribution in [0, 0.1) is 0 Å². The van der Waals surface area contributed by atoms with Gasteiger partial charge in [0.2, 0.25) is 18.6 Å². The molecule has 2 heterocycles. The molecule has 0 atom stereocenters. The van der Waals surface area contributed by atoms with E-state index in [4.69, 9.17) is 25.5 Å². The molecule has 7 nitrogen and oxygen atoms in total. The van der Waals surface area contributed by atoms with Gasteiger partial charge >= 0.3 is 6.01 Å². The molecule has 0 bridgehead atoms. The summed E-state index contributed by atoms with van der Waals surface area (Å²) in [6.45, 7) is 0.226. The highest BCUT2D eigenvalue weighted by molar-refractivity contribution is 8.00. The zero-order valence-corrected chi connectivity index (χ0v) is 15.5.